The topological polar surface area (TPSA) is 189 Å². The van der Waals surface area contributed by atoms with Crippen LogP contribution in [0.2, 0.25) is 0 Å². The molecule has 2 unspecified atom stereocenters. The molecule has 4 rings (SSSR count). The second-order valence-corrected chi connectivity index (χ2v) is 12.7. The molecule has 13 heteroatoms. The molecule has 1 fully saturated rings. The zero-order valence-electron chi connectivity index (χ0n) is 28.2. The van der Waals surface area contributed by atoms with Gasteiger partial charge in [-0.1, -0.05) is 42.5 Å². The number of hydrogen-bond acceptors (Lipinski definition) is 11. The Balaban J connectivity index is 1.56. The van der Waals surface area contributed by atoms with Gasteiger partial charge in [0.15, 0.2) is 0 Å². The Morgan fingerprint density at radius 1 is 0.653 bits per heavy atom. The number of aromatic hydroxyl groups is 2. The Bertz CT molecular complexity index is 1460. The lowest BCUT2D eigenvalue weighted by Gasteiger charge is -2.33. The minimum Gasteiger partial charge on any atom is -0.507 e. The first kappa shape index (κ1) is 37.7. The lowest BCUT2D eigenvalue weighted by molar-refractivity contribution is 0.0540. The van der Waals surface area contributed by atoms with Crippen LogP contribution in [0.1, 0.15) is 55.0 Å². The lowest BCUT2D eigenvalue weighted by Crippen LogP contribution is -2.42. The summed E-state index contributed by atoms with van der Waals surface area (Å²) >= 11 is 0. The van der Waals surface area contributed by atoms with E-state index in [-0.39, 0.29) is 22.6 Å². The van der Waals surface area contributed by atoms with Crippen LogP contribution in [-0.4, -0.2) is 122 Å². The molecular formula is C36H49N5O8. The van der Waals surface area contributed by atoms with Crippen LogP contribution in [0.3, 0.4) is 0 Å². The van der Waals surface area contributed by atoms with E-state index in [0.717, 1.165) is 37.2 Å². The van der Waals surface area contributed by atoms with Crippen molar-refractivity contribution in [3.8, 4) is 11.5 Å². The van der Waals surface area contributed by atoms with Gasteiger partial charge < -0.3 is 41.3 Å². The second kappa shape index (κ2) is 18.1. The van der Waals surface area contributed by atoms with E-state index in [0.29, 0.717) is 50.4 Å². The zero-order valence-corrected chi connectivity index (χ0v) is 28.2. The van der Waals surface area contributed by atoms with Crippen molar-refractivity contribution in [2.45, 2.75) is 52.4 Å². The summed E-state index contributed by atoms with van der Waals surface area (Å²) in [6, 6.07) is 17.0. The summed E-state index contributed by atoms with van der Waals surface area (Å²) in [7, 11) is 0. The Morgan fingerprint density at radius 2 is 1.06 bits per heavy atom. The molecule has 1 aliphatic rings. The summed E-state index contributed by atoms with van der Waals surface area (Å²) in [6.07, 6.45) is -2.12. The molecule has 2 amide bonds. The number of rotatable bonds is 12. The van der Waals surface area contributed by atoms with Gasteiger partial charge >= 0.3 is 0 Å². The highest BCUT2D eigenvalue weighted by Crippen LogP contribution is 2.28. The molecule has 1 heterocycles. The van der Waals surface area contributed by atoms with Gasteiger partial charge in [-0.3, -0.25) is 24.3 Å². The summed E-state index contributed by atoms with van der Waals surface area (Å²) in [5.74, 6) is -1.71. The zero-order chi connectivity index (χ0) is 35.5. The number of phenols is 2. The van der Waals surface area contributed by atoms with Gasteiger partial charge in [0, 0.05) is 56.9 Å². The van der Waals surface area contributed by atoms with E-state index in [1.807, 2.05) is 44.2 Å². The average molecular weight is 680 g/mol. The largest absolute Gasteiger partial charge is 0.507 e. The van der Waals surface area contributed by atoms with Crippen molar-refractivity contribution < 1.29 is 40.2 Å². The second-order valence-electron chi connectivity index (χ2n) is 12.7. The van der Waals surface area contributed by atoms with Crippen molar-refractivity contribution in [3.63, 3.8) is 0 Å². The highest BCUT2D eigenvalue weighted by molar-refractivity contribution is 5.98. The number of aryl methyl sites for hydroxylation is 2. The third kappa shape index (κ3) is 11.0. The number of nitrogens with one attached hydrogen (secondary N) is 2. The molecular weight excluding hydrogens is 630 g/mol. The summed E-state index contributed by atoms with van der Waals surface area (Å²) in [6.45, 7) is 8.10. The van der Waals surface area contributed by atoms with E-state index >= 15 is 0 Å². The Kier molecular flexibility index (Phi) is 13.9. The fourth-order valence-electron chi connectivity index (χ4n) is 6.06. The van der Waals surface area contributed by atoms with E-state index < -0.39 is 37.5 Å². The molecule has 0 aromatic heterocycles. The SMILES string of the molecule is Cc1cc(CN2CCCN(Cc3cc(C)cc(C(=O)NC(O)CO)c3O)CCN(Cc3ccccc3)CC2)c(O)c(C(=O)NC(O)CO)c1. The number of carbonyl (C=O) groups is 2. The molecule has 1 saturated heterocycles. The monoisotopic (exact) mass is 679 g/mol. The molecule has 2 atom stereocenters. The van der Waals surface area contributed by atoms with Crippen LogP contribution in [0.5, 0.6) is 11.5 Å². The van der Waals surface area contributed by atoms with Crippen LogP contribution in [0.4, 0.5) is 0 Å². The van der Waals surface area contributed by atoms with Crippen LogP contribution in [-0.2, 0) is 19.6 Å². The summed E-state index contributed by atoms with van der Waals surface area (Å²) < 4.78 is 0. The van der Waals surface area contributed by atoms with Gasteiger partial charge in [-0.05, 0) is 62.2 Å². The molecule has 3 aromatic rings. The fourth-order valence-corrected chi connectivity index (χ4v) is 6.06. The number of aliphatic hydroxyl groups is 4. The first-order valence-corrected chi connectivity index (χ1v) is 16.5. The molecule has 1 aliphatic heterocycles. The van der Waals surface area contributed by atoms with Gasteiger partial charge in [-0.25, -0.2) is 0 Å². The molecule has 3 aromatic carbocycles. The van der Waals surface area contributed by atoms with Crippen LogP contribution in [0.25, 0.3) is 0 Å². The number of carbonyl (C=O) groups excluding carboxylic acids is 2. The lowest BCUT2D eigenvalue weighted by atomic mass is 10.0. The summed E-state index contributed by atoms with van der Waals surface area (Å²) in [5.41, 5.74) is 3.92. The predicted octanol–water partition coefficient (Wildman–Crippen LogP) is 1.01. The van der Waals surface area contributed by atoms with E-state index in [4.69, 9.17) is 10.2 Å². The maximum absolute atomic E-state index is 12.8. The molecule has 266 valence electrons. The molecule has 0 bridgehead atoms. The van der Waals surface area contributed by atoms with E-state index in [1.165, 1.54) is 5.56 Å². The van der Waals surface area contributed by atoms with E-state index in [2.05, 4.69) is 37.5 Å². The van der Waals surface area contributed by atoms with Crippen LogP contribution in [0.15, 0.2) is 54.6 Å². The first-order valence-electron chi connectivity index (χ1n) is 16.5. The molecule has 13 nitrogen and oxygen atoms in total. The van der Waals surface area contributed by atoms with Crippen molar-refractivity contribution in [1.82, 2.24) is 25.3 Å². The number of hydrogen-bond donors (Lipinski definition) is 8. The highest BCUT2D eigenvalue weighted by Gasteiger charge is 2.23. The van der Waals surface area contributed by atoms with Crippen molar-refractivity contribution in [2.75, 3.05) is 52.5 Å². The van der Waals surface area contributed by atoms with Gasteiger partial charge in [0.05, 0.1) is 24.3 Å². The first-order chi connectivity index (χ1) is 23.5. The van der Waals surface area contributed by atoms with Crippen molar-refractivity contribution in [1.29, 1.82) is 0 Å². The number of nitrogens with zero attached hydrogens (tertiary/aromatic N) is 3. The third-order valence-electron chi connectivity index (χ3n) is 8.55. The molecule has 0 saturated carbocycles. The number of amides is 2. The molecule has 0 spiro atoms. The minimum atomic E-state index is -1.44. The normalized spacial score (nSPS) is 16.5. The fraction of sp³-hybridized carbons (Fsp3) is 0.444. The Morgan fingerprint density at radius 3 is 1.47 bits per heavy atom. The van der Waals surface area contributed by atoms with Gasteiger partial charge in [0.25, 0.3) is 11.8 Å². The third-order valence-corrected chi connectivity index (χ3v) is 8.55. The van der Waals surface area contributed by atoms with Crippen LogP contribution in [0, 0.1) is 13.8 Å². The van der Waals surface area contributed by atoms with Crippen LogP contribution >= 0.6 is 0 Å². The minimum absolute atomic E-state index is 0.0253. The van der Waals surface area contributed by atoms with Gasteiger partial charge in [-0.15, -0.1) is 0 Å². The standard InChI is InChI=1S/C36H49N5O8/c1-24-15-27(33(46)29(17-24)35(48)37-31(44)22-42)20-39-9-6-10-40(12-14-41(13-11-39)19-26-7-4-3-5-8-26)21-28-16-25(2)18-30(34(28)47)36(49)38-32(45)23-43/h3-5,7-8,15-18,31-32,42-47H,6,9-14,19-23H2,1-2H3,(H,37,48)(H,38,49). The highest BCUT2D eigenvalue weighted by atomic mass is 16.3. The average Bonchev–Trinajstić information content (AvgIpc) is 3.08. The van der Waals surface area contributed by atoms with Crippen molar-refractivity contribution in [3.05, 3.63) is 93.5 Å². The van der Waals surface area contributed by atoms with Crippen molar-refractivity contribution in [2.24, 2.45) is 0 Å². The van der Waals surface area contributed by atoms with Crippen molar-refractivity contribution >= 4 is 11.8 Å². The van der Waals surface area contributed by atoms with E-state index in [9.17, 15) is 30.0 Å². The summed E-state index contributed by atoms with van der Waals surface area (Å²) in [4.78, 5) is 32.3. The van der Waals surface area contributed by atoms with Gasteiger partial charge in [0.2, 0.25) is 0 Å². The van der Waals surface area contributed by atoms with Gasteiger partial charge in [-0.2, -0.15) is 0 Å². The Labute approximate surface area is 287 Å². The number of aliphatic hydroxyl groups excluding tert-OH is 4. The molecule has 0 aliphatic carbocycles. The number of benzene rings is 3. The molecule has 8 N–H and O–H groups in total. The number of phenolic OH excluding ortho intramolecular Hbond substituents is 2. The maximum Gasteiger partial charge on any atom is 0.257 e. The smallest absolute Gasteiger partial charge is 0.257 e. The quantitative estimate of drug-likeness (QED) is 0.128. The van der Waals surface area contributed by atoms with Gasteiger partial charge in [0.1, 0.15) is 24.0 Å². The van der Waals surface area contributed by atoms with Crippen LogP contribution < -0.4 is 10.6 Å². The predicted molar refractivity (Wildman–Crippen MR) is 184 cm³/mol. The van der Waals surface area contributed by atoms with E-state index in [1.54, 1.807) is 12.1 Å². The molecule has 49 heavy (non-hydrogen) atoms. The maximum atomic E-state index is 12.8. The molecule has 0 radical (unpaired) electrons. The summed E-state index contributed by atoms with van der Waals surface area (Å²) in [5, 5.41) is 64.5. The Hall–Kier alpha value is -4.08.